The number of carbonyl (C=O) groups is 1. The van der Waals surface area contributed by atoms with Gasteiger partial charge >= 0.3 is 5.97 Å². The molecule has 2 aliphatic heterocycles. The van der Waals surface area contributed by atoms with Crippen molar-refractivity contribution in [2.24, 2.45) is 0 Å². The minimum absolute atomic E-state index is 0.0892. The molecule has 0 aliphatic carbocycles. The first-order valence-corrected chi connectivity index (χ1v) is 6.91. The molecule has 0 saturated carbocycles. The second-order valence-corrected chi connectivity index (χ2v) is 5.32. The quantitative estimate of drug-likeness (QED) is 0.886. The van der Waals surface area contributed by atoms with Crippen molar-refractivity contribution in [1.29, 1.82) is 0 Å². The molecule has 1 aromatic rings. The molecule has 1 aromatic carbocycles. The molecule has 1 saturated heterocycles. The van der Waals surface area contributed by atoms with Crippen molar-refractivity contribution < 1.29 is 14.6 Å². The van der Waals surface area contributed by atoms with Gasteiger partial charge in [0, 0.05) is 0 Å². The van der Waals surface area contributed by atoms with Crippen LogP contribution in [-0.4, -0.2) is 35.2 Å². The van der Waals surface area contributed by atoms with E-state index in [-0.39, 0.29) is 12.1 Å². The molecule has 2 heterocycles. The fraction of sp³-hybridized carbons (Fsp3) is 0.533. The number of carboxylic acids is 1. The Balaban J connectivity index is 1.91. The van der Waals surface area contributed by atoms with Crippen LogP contribution in [0.4, 0.5) is 0 Å². The van der Waals surface area contributed by atoms with Crippen LogP contribution in [0.25, 0.3) is 0 Å². The Hall–Kier alpha value is -1.39. The van der Waals surface area contributed by atoms with E-state index in [1.807, 2.05) is 12.1 Å². The monoisotopic (exact) mass is 261 g/mol. The molecule has 19 heavy (non-hydrogen) atoms. The third-order valence-corrected chi connectivity index (χ3v) is 4.18. The number of hydrogen-bond donors (Lipinski definition) is 1. The zero-order valence-corrected chi connectivity index (χ0v) is 10.9. The van der Waals surface area contributed by atoms with Crippen LogP contribution in [-0.2, 0) is 16.1 Å². The van der Waals surface area contributed by atoms with E-state index >= 15 is 0 Å². The molecule has 2 unspecified atom stereocenters. The number of benzene rings is 1. The fourth-order valence-corrected chi connectivity index (χ4v) is 3.23. The molecule has 1 fully saturated rings. The van der Waals surface area contributed by atoms with Crippen LogP contribution in [0.2, 0.25) is 0 Å². The van der Waals surface area contributed by atoms with E-state index in [0.29, 0.717) is 13.2 Å². The lowest BCUT2D eigenvalue weighted by molar-refractivity contribution is -0.147. The van der Waals surface area contributed by atoms with Gasteiger partial charge in [-0.05, 0) is 30.5 Å². The summed E-state index contributed by atoms with van der Waals surface area (Å²) in [5.41, 5.74) is 2.43. The molecule has 4 nitrogen and oxygen atoms in total. The van der Waals surface area contributed by atoms with Crippen molar-refractivity contribution in [2.45, 2.75) is 38.0 Å². The Morgan fingerprint density at radius 1 is 1.32 bits per heavy atom. The highest BCUT2D eigenvalue weighted by molar-refractivity contribution is 5.73. The smallest absolute Gasteiger partial charge is 0.320 e. The molecule has 4 heteroatoms. The van der Waals surface area contributed by atoms with Crippen molar-refractivity contribution in [2.75, 3.05) is 13.2 Å². The number of nitrogens with zero attached hydrogens (tertiary/aromatic N) is 1. The van der Waals surface area contributed by atoms with Crippen molar-refractivity contribution in [3.63, 3.8) is 0 Å². The van der Waals surface area contributed by atoms with E-state index < -0.39 is 5.97 Å². The molecule has 3 rings (SSSR count). The zero-order chi connectivity index (χ0) is 13.2. The zero-order valence-electron chi connectivity index (χ0n) is 10.9. The molecule has 102 valence electrons. The van der Waals surface area contributed by atoms with E-state index in [4.69, 9.17) is 4.74 Å². The number of rotatable bonds is 2. The van der Waals surface area contributed by atoms with Crippen LogP contribution >= 0.6 is 0 Å². The summed E-state index contributed by atoms with van der Waals surface area (Å²) in [5.74, 6) is -0.706. The summed E-state index contributed by atoms with van der Waals surface area (Å²) in [6, 6.07) is 7.93. The van der Waals surface area contributed by atoms with Crippen LogP contribution in [0.5, 0.6) is 0 Å². The van der Waals surface area contributed by atoms with Gasteiger partial charge < -0.3 is 9.84 Å². The van der Waals surface area contributed by atoms with Crippen LogP contribution < -0.4 is 0 Å². The number of fused-ring (bicyclic) bond motifs is 1. The summed E-state index contributed by atoms with van der Waals surface area (Å²) in [5, 5.41) is 9.40. The molecule has 0 amide bonds. The number of hydrogen-bond acceptors (Lipinski definition) is 3. The number of ether oxygens (including phenoxy) is 1. The highest BCUT2D eigenvalue weighted by Crippen LogP contribution is 2.33. The molecule has 1 N–H and O–H groups in total. The largest absolute Gasteiger partial charge is 0.480 e. The Morgan fingerprint density at radius 2 is 2.16 bits per heavy atom. The third-order valence-electron chi connectivity index (χ3n) is 4.18. The number of piperidine rings is 1. The van der Waals surface area contributed by atoms with E-state index in [1.165, 1.54) is 11.1 Å². The first kappa shape index (κ1) is 12.6. The Bertz CT molecular complexity index is 474. The molecule has 0 bridgehead atoms. The Kier molecular flexibility index (Phi) is 3.53. The number of aliphatic carboxylic acids is 1. The molecule has 0 radical (unpaired) electrons. The van der Waals surface area contributed by atoms with Gasteiger partial charge in [-0.25, -0.2) is 0 Å². The summed E-state index contributed by atoms with van der Waals surface area (Å²) in [4.78, 5) is 13.6. The van der Waals surface area contributed by atoms with Gasteiger partial charge in [-0.15, -0.1) is 0 Å². The number of likely N-dealkylation sites (tertiary alicyclic amines) is 1. The molecule has 0 spiro atoms. The van der Waals surface area contributed by atoms with Crippen LogP contribution in [0, 0.1) is 0 Å². The van der Waals surface area contributed by atoms with Gasteiger partial charge in [-0.3, -0.25) is 9.69 Å². The van der Waals surface area contributed by atoms with Gasteiger partial charge in [0.1, 0.15) is 6.04 Å². The molecule has 0 aromatic heterocycles. The summed E-state index contributed by atoms with van der Waals surface area (Å²) in [7, 11) is 0. The Labute approximate surface area is 113 Å². The van der Waals surface area contributed by atoms with Gasteiger partial charge in [0.05, 0.1) is 19.3 Å². The van der Waals surface area contributed by atoms with Gasteiger partial charge in [0.2, 0.25) is 0 Å². The normalized spacial score (nSPS) is 27.8. The van der Waals surface area contributed by atoms with Crippen molar-refractivity contribution >= 4 is 5.97 Å². The molecular formula is C15H19NO3. The average molecular weight is 261 g/mol. The van der Waals surface area contributed by atoms with Crippen molar-refractivity contribution in [3.05, 3.63) is 35.4 Å². The van der Waals surface area contributed by atoms with Crippen LogP contribution in [0.1, 0.15) is 36.4 Å². The molecule has 2 atom stereocenters. The second kappa shape index (κ2) is 5.31. The standard InChI is InChI=1S/C15H19NO3/c17-15(18)13-7-3-4-8-16(13)14-10-19-9-11-5-1-2-6-12(11)14/h1-2,5-6,13-14H,3-4,7-10H2,(H,17,18). The highest BCUT2D eigenvalue weighted by Gasteiger charge is 2.36. The van der Waals surface area contributed by atoms with Gasteiger partial charge in [0.25, 0.3) is 0 Å². The number of carboxylic acid groups (broad SMARTS) is 1. The predicted octanol–water partition coefficient (Wildman–Crippen LogP) is 2.20. The minimum atomic E-state index is -0.706. The summed E-state index contributed by atoms with van der Waals surface area (Å²) < 4.78 is 5.66. The first-order valence-electron chi connectivity index (χ1n) is 6.91. The van der Waals surface area contributed by atoms with Crippen molar-refractivity contribution in [1.82, 2.24) is 4.90 Å². The lowest BCUT2D eigenvalue weighted by Crippen LogP contribution is -2.48. The predicted molar refractivity (Wildman–Crippen MR) is 70.8 cm³/mol. The average Bonchev–Trinajstić information content (AvgIpc) is 2.46. The second-order valence-electron chi connectivity index (χ2n) is 5.32. The van der Waals surface area contributed by atoms with Gasteiger partial charge in [0.15, 0.2) is 0 Å². The van der Waals surface area contributed by atoms with E-state index in [0.717, 1.165) is 25.8 Å². The third kappa shape index (κ3) is 2.38. The minimum Gasteiger partial charge on any atom is -0.480 e. The topological polar surface area (TPSA) is 49.8 Å². The molecule has 2 aliphatic rings. The first-order chi connectivity index (χ1) is 9.27. The van der Waals surface area contributed by atoms with Crippen molar-refractivity contribution in [3.8, 4) is 0 Å². The van der Waals surface area contributed by atoms with E-state index in [1.54, 1.807) is 0 Å². The van der Waals surface area contributed by atoms with Gasteiger partial charge in [-0.1, -0.05) is 30.7 Å². The van der Waals surface area contributed by atoms with Crippen LogP contribution in [0.3, 0.4) is 0 Å². The molecular weight excluding hydrogens is 242 g/mol. The maximum Gasteiger partial charge on any atom is 0.320 e. The summed E-state index contributed by atoms with van der Waals surface area (Å²) in [6.07, 6.45) is 2.82. The van der Waals surface area contributed by atoms with E-state index in [9.17, 15) is 9.90 Å². The van der Waals surface area contributed by atoms with Gasteiger partial charge in [-0.2, -0.15) is 0 Å². The van der Waals surface area contributed by atoms with Crippen LogP contribution in [0.15, 0.2) is 24.3 Å². The fourth-order valence-electron chi connectivity index (χ4n) is 3.23. The van der Waals surface area contributed by atoms with E-state index in [2.05, 4.69) is 17.0 Å². The maximum atomic E-state index is 11.4. The SMILES string of the molecule is O=C(O)C1CCCCN1C1COCc2ccccc21. The lowest BCUT2D eigenvalue weighted by atomic mass is 9.93. The highest BCUT2D eigenvalue weighted by atomic mass is 16.5. The maximum absolute atomic E-state index is 11.4. The Morgan fingerprint density at radius 3 is 3.00 bits per heavy atom. The summed E-state index contributed by atoms with van der Waals surface area (Å²) in [6.45, 7) is 2.08. The summed E-state index contributed by atoms with van der Waals surface area (Å²) >= 11 is 0. The lowest BCUT2D eigenvalue weighted by Gasteiger charge is -2.41.